The lowest BCUT2D eigenvalue weighted by Crippen LogP contribution is -2.36. The molecule has 6 nitrogen and oxygen atoms in total. The third kappa shape index (κ3) is 5.76. The van der Waals surface area contributed by atoms with Gasteiger partial charge in [-0.1, -0.05) is 12.0 Å². The van der Waals surface area contributed by atoms with Crippen LogP contribution in [0, 0.1) is 18.2 Å². The summed E-state index contributed by atoms with van der Waals surface area (Å²) < 4.78 is 19.9. The fourth-order valence-electron chi connectivity index (χ4n) is 2.61. The Morgan fingerprint density at radius 3 is 2.61 bits per heavy atom. The predicted octanol–water partition coefficient (Wildman–Crippen LogP) is 5.04. The number of amides is 3. The maximum atomic E-state index is 13.2. The first kappa shape index (κ1) is 23.1. The molecule has 1 saturated heterocycles. The van der Waals surface area contributed by atoms with Gasteiger partial charge in [-0.05, 0) is 85.6 Å². The van der Waals surface area contributed by atoms with Gasteiger partial charge in [0, 0.05) is 5.69 Å². The van der Waals surface area contributed by atoms with Gasteiger partial charge in [-0.25, -0.2) is 4.39 Å². The second-order valence-electron chi connectivity index (χ2n) is 6.13. The minimum absolute atomic E-state index is 0.0904. The Labute approximate surface area is 198 Å². The van der Waals surface area contributed by atoms with Crippen LogP contribution in [0.1, 0.15) is 5.56 Å². The number of benzene rings is 2. The highest BCUT2D eigenvalue weighted by Gasteiger charge is 2.36. The summed E-state index contributed by atoms with van der Waals surface area (Å²) >= 11 is 7.50. The van der Waals surface area contributed by atoms with Crippen LogP contribution in [-0.2, 0) is 9.59 Å². The van der Waals surface area contributed by atoms with Crippen LogP contribution in [0.25, 0.3) is 6.08 Å². The molecule has 10 heteroatoms. The number of imide groups is 1. The molecular weight excluding hydrogens is 555 g/mol. The number of carbonyl (C=O) groups excluding carboxylic acids is 3. The van der Waals surface area contributed by atoms with E-state index in [2.05, 4.69) is 43.1 Å². The number of halogens is 3. The maximum Gasteiger partial charge on any atom is 0.294 e. The molecule has 0 spiro atoms. The van der Waals surface area contributed by atoms with Crippen LogP contribution >= 0.6 is 43.6 Å². The number of hydrogen-bond donors (Lipinski definition) is 1. The van der Waals surface area contributed by atoms with E-state index in [4.69, 9.17) is 11.2 Å². The van der Waals surface area contributed by atoms with Gasteiger partial charge in [0.2, 0.25) is 5.91 Å². The SMILES string of the molecule is C#CCOc1c(Br)cc(/C=C2/SC(=O)N(CC(=O)Nc3cccc(F)c3)C2=O)cc1Br. The number of nitrogens with zero attached hydrogens (tertiary/aromatic N) is 1. The highest BCUT2D eigenvalue weighted by atomic mass is 79.9. The molecule has 1 aliphatic heterocycles. The molecule has 1 fully saturated rings. The third-order valence-corrected chi connectivity index (χ3v) is 5.99. The normalized spacial score (nSPS) is 14.6. The first-order chi connectivity index (χ1) is 14.8. The summed E-state index contributed by atoms with van der Waals surface area (Å²) in [4.78, 5) is 38.1. The Balaban J connectivity index is 1.73. The molecule has 1 heterocycles. The molecule has 2 aromatic rings. The predicted molar refractivity (Wildman–Crippen MR) is 124 cm³/mol. The van der Waals surface area contributed by atoms with E-state index in [1.807, 2.05) is 0 Å². The zero-order valence-corrected chi connectivity index (χ0v) is 19.6. The Bertz CT molecular complexity index is 1120. The van der Waals surface area contributed by atoms with Crippen LogP contribution in [0.4, 0.5) is 14.9 Å². The van der Waals surface area contributed by atoms with E-state index in [1.165, 1.54) is 24.3 Å². The summed E-state index contributed by atoms with van der Waals surface area (Å²) in [5, 5.41) is 1.89. The number of anilines is 1. The lowest BCUT2D eigenvalue weighted by molar-refractivity contribution is -0.127. The van der Waals surface area contributed by atoms with Crippen LogP contribution in [0.2, 0.25) is 0 Å². The average molecular weight is 568 g/mol. The quantitative estimate of drug-likeness (QED) is 0.391. The third-order valence-electron chi connectivity index (χ3n) is 3.90. The molecule has 0 aromatic heterocycles. The summed E-state index contributed by atoms with van der Waals surface area (Å²) in [6.07, 6.45) is 6.74. The van der Waals surface area contributed by atoms with E-state index in [1.54, 1.807) is 12.1 Å². The van der Waals surface area contributed by atoms with E-state index < -0.39 is 29.4 Å². The Kier molecular flexibility index (Phi) is 7.54. The number of ether oxygens (including phenoxy) is 1. The molecule has 3 rings (SSSR count). The van der Waals surface area contributed by atoms with Crippen molar-refractivity contribution in [3.05, 3.63) is 61.6 Å². The van der Waals surface area contributed by atoms with Gasteiger partial charge in [0.15, 0.2) is 0 Å². The van der Waals surface area contributed by atoms with E-state index in [0.29, 0.717) is 20.3 Å². The lowest BCUT2D eigenvalue weighted by atomic mass is 10.2. The number of terminal acetylenes is 1. The van der Waals surface area contributed by atoms with Crippen molar-refractivity contribution >= 4 is 72.4 Å². The van der Waals surface area contributed by atoms with E-state index in [0.717, 1.165) is 22.7 Å². The van der Waals surface area contributed by atoms with Gasteiger partial charge in [-0.2, -0.15) is 0 Å². The monoisotopic (exact) mass is 566 g/mol. The molecule has 31 heavy (non-hydrogen) atoms. The van der Waals surface area contributed by atoms with Gasteiger partial charge in [-0.3, -0.25) is 19.3 Å². The second kappa shape index (κ2) is 10.1. The number of rotatable bonds is 6. The van der Waals surface area contributed by atoms with Crippen LogP contribution in [-0.4, -0.2) is 35.1 Å². The van der Waals surface area contributed by atoms with Gasteiger partial charge in [-0.15, -0.1) is 6.42 Å². The lowest BCUT2D eigenvalue weighted by Gasteiger charge is -2.12. The summed E-state index contributed by atoms with van der Waals surface area (Å²) in [5.74, 6) is 1.16. The van der Waals surface area contributed by atoms with Gasteiger partial charge < -0.3 is 10.1 Å². The highest BCUT2D eigenvalue weighted by Crippen LogP contribution is 2.37. The Morgan fingerprint density at radius 1 is 1.26 bits per heavy atom. The van der Waals surface area contributed by atoms with Gasteiger partial charge in [0.1, 0.15) is 24.7 Å². The van der Waals surface area contributed by atoms with E-state index in [9.17, 15) is 18.8 Å². The Hall–Kier alpha value is -2.61. The molecule has 0 radical (unpaired) electrons. The first-order valence-electron chi connectivity index (χ1n) is 8.64. The minimum atomic E-state index is -0.616. The van der Waals surface area contributed by atoms with Crippen molar-refractivity contribution in [3.8, 4) is 18.1 Å². The average Bonchev–Trinajstić information content (AvgIpc) is 2.95. The highest BCUT2D eigenvalue weighted by molar-refractivity contribution is 9.11. The molecule has 0 bridgehead atoms. The van der Waals surface area contributed by atoms with Crippen molar-refractivity contribution in [2.24, 2.45) is 0 Å². The van der Waals surface area contributed by atoms with Crippen molar-refractivity contribution in [2.45, 2.75) is 0 Å². The Morgan fingerprint density at radius 2 is 1.97 bits per heavy atom. The van der Waals surface area contributed by atoms with E-state index in [-0.39, 0.29) is 17.2 Å². The number of nitrogens with one attached hydrogen (secondary N) is 1. The molecular formula is C21H13Br2FN2O4S. The zero-order chi connectivity index (χ0) is 22.5. The van der Waals surface area contributed by atoms with Gasteiger partial charge >= 0.3 is 0 Å². The molecule has 1 N–H and O–H groups in total. The van der Waals surface area contributed by atoms with Crippen molar-refractivity contribution in [2.75, 3.05) is 18.5 Å². The number of hydrogen-bond acceptors (Lipinski definition) is 5. The topological polar surface area (TPSA) is 75.7 Å². The molecule has 3 amide bonds. The molecule has 0 unspecified atom stereocenters. The summed E-state index contributed by atoms with van der Waals surface area (Å²) in [6, 6.07) is 8.73. The minimum Gasteiger partial charge on any atom is -0.479 e. The standard InChI is InChI=1S/C21H13Br2FN2O4S/c1-2-6-30-19-15(22)7-12(8-16(19)23)9-17-20(28)26(21(29)31-17)11-18(27)25-14-5-3-4-13(24)10-14/h1,3-5,7-10H,6,11H2,(H,25,27)/b17-9+. The maximum absolute atomic E-state index is 13.2. The van der Waals surface area contributed by atoms with Crippen molar-refractivity contribution in [1.82, 2.24) is 4.90 Å². The van der Waals surface area contributed by atoms with E-state index >= 15 is 0 Å². The molecule has 2 aromatic carbocycles. The second-order valence-corrected chi connectivity index (χ2v) is 8.83. The summed E-state index contributed by atoms with van der Waals surface area (Å²) in [7, 11) is 0. The van der Waals surface area contributed by atoms with Crippen LogP contribution in [0.15, 0.2) is 50.2 Å². The number of thioether (sulfide) groups is 1. The largest absolute Gasteiger partial charge is 0.479 e. The van der Waals surface area contributed by atoms with Crippen molar-refractivity contribution in [3.63, 3.8) is 0 Å². The molecule has 0 saturated carbocycles. The zero-order valence-electron chi connectivity index (χ0n) is 15.7. The number of carbonyl (C=O) groups is 3. The molecule has 1 aliphatic rings. The van der Waals surface area contributed by atoms with Gasteiger partial charge in [0.25, 0.3) is 11.1 Å². The fraction of sp³-hybridized carbons (Fsp3) is 0.0952. The first-order valence-corrected chi connectivity index (χ1v) is 11.0. The molecule has 0 atom stereocenters. The van der Waals surface area contributed by atoms with Crippen LogP contribution in [0.5, 0.6) is 5.75 Å². The smallest absolute Gasteiger partial charge is 0.294 e. The molecule has 158 valence electrons. The fourth-order valence-corrected chi connectivity index (χ4v) is 4.90. The summed E-state index contributed by atoms with van der Waals surface area (Å²) in [6.45, 7) is -0.391. The van der Waals surface area contributed by atoms with Crippen LogP contribution in [0.3, 0.4) is 0 Å². The van der Waals surface area contributed by atoms with Gasteiger partial charge in [0.05, 0.1) is 13.9 Å². The molecule has 0 aliphatic carbocycles. The van der Waals surface area contributed by atoms with Crippen molar-refractivity contribution in [1.29, 1.82) is 0 Å². The van der Waals surface area contributed by atoms with Crippen molar-refractivity contribution < 1.29 is 23.5 Å². The van der Waals surface area contributed by atoms with Crippen LogP contribution < -0.4 is 10.1 Å². The summed E-state index contributed by atoms with van der Waals surface area (Å²) in [5.41, 5.74) is 0.857.